The summed E-state index contributed by atoms with van der Waals surface area (Å²) in [7, 11) is 0. The number of rotatable bonds is 5. The van der Waals surface area contributed by atoms with E-state index in [1.54, 1.807) is 0 Å². The Morgan fingerprint density at radius 3 is 2.61 bits per heavy atom. The maximum absolute atomic E-state index is 11.0. The highest BCUT2D eigenvalue weighted by Crippen LogP contribution is 2.23. The minimum Gasteiger partial charge on any atom is -0.488 e. The number of ether oxygens (including phenoxy) is 1. The molecule has 0 spiro atoms. The largest absolute Gasteiger partial charge is 0.488 e. The fraction of sp³-hybridized carbons (Fsp3) is 0.500. The Morgan fingerprint density at radius 2 is 2.00 bits per heavy atom. The predicted molar refractivity (Wildman–Crippen MR) is 72.6 cm³/mol. The number of nitrogens with one attached hydrogen (secondary N) is 1. The molecule has 4 nitrogen and oxygen atoms in total. The molecule has 0 heterocycles. The fourth-order valence-corrected chi connectivity index (χ4v) is 1.55. The smallest absolute Gasteiger partial charge is 0.233 e. The second kappa shape index (κ2) is 6.40. The molecule has 0 saturated heterocycles. The van der Waals surface area contributed by atoms with Crippen LogP contribution in [-0.2, 0) is 11.2 Å². The van der Waals surface area contributed by atoms with Crippen molar-refractivity contribution in [3.63, 3.8) is 0 Å². The number of para-hydroxylation sites is 1. The first kappa shape index (κ1) is 14.5. The van der Waals surface area contributed by atoms with Gasteiger partial charge in [-0.1, -0.05) is 18.2 Å². The van der Waals surface area contributed by atoms with E-state index in [1.165, 1.54) is 0 Å². The van der Waals surface area contributed by atoms with Gasteiger partial charge in [-0.2, -0.15) is 0 Å². The summed E-state index contributed by atoms with van der Waals surface area (Å²) in [5, 5.41) is 2.75. The van der Waals surface area contributed by atoms with Crippen LogP contribution in [0.3, 0.4) is 0 Å². The molecule has 1 amide bonds. The summed E-state index contributed by atoms with van der Waals surface area (Å²) in [4.78, 5) is 11.0. The predicted octanol–water partition coefficient (Wildman–Crippen LogP) is 1.48. The molecule has 100 valence electrons. The second-order valence-corrected chi connectivity index (χ2v) is 5.13. The van der Waals surface area contributed by atoms with Crippen molar-refractivity contribution in [1.29, 1.82) is 0 Å². The normalized spacial score (nSPS) is 11.1. The molecule has 0 atom stereocenters. The van der Waals surface area contributed by atoms with Crippen molar-refractivity contribution >= 4 is 5.91 Å². The maximum atomic E-state index is 11.0. The molecule has 1 rings (SSSR count). The van der Waals surface area contributed by atoms with Crippen LogP contribution in [0.25, 0.3) is 0 Å². The van der Waals surface area contributed by atoms with Crippen LogP contribution in [0.1, 0.15) is 26.3 Å². The van der Waals surface area contributed by atoms with Crippen LogP contribution in [0.5, 0.6) is 5.75 Å². The maximum Gasteiger partial charge on any atom is 0.233 e. The third-order valence-electron chi connectivity index (χ3n) is 2.29. The van der Waals surface area contributed by atoms with Crippen molar-refractivity contribution in [2.45, 2.75) is 32.8 Å². The van der Waals surface area contributed by atoms with Gasteiger partial charge in [0.2, 0.25) is 5.91 Å². The van der Waals surface area contributed by atoms with Crippen molar-refractivity contribution < 1.29 is 9.53 Å². The van der Waals surface area contributed by atoms with Gasteiger partial charge in [-0.05, 0) is 38.8 Å². The lowest BCUT2D eigenvalue weighted by Crippen LogP contribution is -2.32. The van der Waals surface area contributed by atoms with Crippen LogP contribution in [0.15, 0.2) is 24.3 Å². The summed E-state index contributed by atoms with van der Waals surface area (Å²) in [6.45, 7) is 6.64. The third-order valence-corrected chi connectivity index (χ3v) is 2.29. The number of carbonyl (C=O) groups excluding carboxylic acids is 1. The minimum absolute atomic E-state index is 0.0279. The molecule has 0 fully saturated rings. The molecular formula is C14H22N2O2. The molecule has 4 heteroatoms. The van der Waals surface area contributed by atoms with E-state index in [4.69, 9.17) is 10.5 Å². The van der Waals surface area contributed by atoms with Gasteiger partial charge in [0.15, 0.2) is 0 Å². The molecule has 0 bridgehead atoms. The Morgan fingerprint density at radius 1 is 1.33 bits per heavy atom. The Balaban J connectivity index is 2.62. The Bertz CT molecular complexity index is 397. The highest BCUT2D eigenvalue weighted by Gasteiger charge is 2.14. The highest BCUT2D eigenvalue weighted by atomic mass is 16.5. The number of benzene rings is 1. The Hall–Kier alpha value is -1.55. The quantitative estimate of drug-likeness (QED) is 0.832. The van der Waals surface area contributed by atoms with Gasteiger partial charge >= 0.3 is 0 Å². The number of nitrogens with two attached hydrogens (primary N) is 1. The fourth-order valence-electron chi connectivity index (χ4n) is 1.55. The number of hydrogen-bond acceptors (Lipinski definition) is 3. The second-order valence-electron chi connectivity index (χ2n) is 5.13. The Labute approximate surface area is 109 Å². The van der Waals surface area contributed by atoms with E-state index < -0.39 is 0 Å². The average Bonchev–Trinajstić information content (AvgIpc) is 2.29. The lowest BCUT2D eigenvalue weighted by atomic mass is 10.1. The molecule has 3 N–H and O–H groups in total. The van der Waals surface area contributed by atoms with Crippen LogP contribution < -0.4 is 15.8 Å². The van der Waals surface area contributed by atoms with E-state index in [2.05, 4.69) is 5.32 Å². The lowest BCUT2D eigenvalue weighted by Gasteiger charge is -2.23. The van der Waals surface area contributed by atoms with Crippen LogP contribution >= 0.6 is 0 Å². The van der Waals surface area contributed by atoms with E-state index in [0.29, 0.717) is 6.54 Å². The SMILES string of the molecule is CC(C)(C)Oc1ccccc1CCNC(=O)CN. The summed E-state index contributed by atoms with van der Waals surface area (Å²) in [5.41, 5.74) is 6.09. The van der Waals surface area contributed by atoms with Gasteiger partial charge in [0.25, 0.3) is 0 Å². The van der Waals surface area contributed by atoms with Gasteiger partial charge in [-0.15, -0.1) is 0 Å². The molecule has 0 aliphatic heterocycles. The zero-order valence-corrected chi connectivity index (χ0v) is 11.3. The molecule has 1 aromatic carbocycles. The van der Waals surface area contributed by atoms with Crippen LogP contribution in [0.2, 0.25) is 0 Å². The monoisotopic (exact) mass is 250 g/mol. The van der Waals surface area contributed by atoms with Crippen molar-refractivity contribution in [3.05, 3.63) is 29.8 Å². The molecule has 0 aromatic heterocycles. The van der Waals surface area contributed by atoms with Gasteiger partial charge < -0.3 is 15.8 Å². The molecule has 1 aromatic rings. The highest BCUT2D eigenvalue weighted by molar-refractivity contribution is 5.77. The molecule has 0 aliphatic rings. The van der Waals surface area contributed by atoms with E-state index in [1.807, 2.05) is 45.0 Å². The lowest BCUT2D eigenvalue weighted by molar-refractivity contribution is -0.119. The molecule has 0 unspecified atom stereocenters. The van der Waals surface area contributed by atoms with Crippen molar-refractivity contribution in [2.75, 3.05) is 13.1 Å². The third kappa shape index (κ3) is 5.19. The zero-order valence-electron chi connectivity index (χ0n) is 11.3. The van der Waals surface area contributed by atoms with Gasteiger partial charge in [0.05, 0.1) is 6.54 Å². The summed E-state index contributed by atoms with van der Waals surface area (Å²) in [5.74, 6) is 0.733. The Kier molecular flexibility index (Phi) is 5.16. The van der Waals surface area contributed by atoms with Crippen LogP contribution in [0, 0.1) is 0 Å². The topological polar surface area (TPSA) is 64.3 Å². The molecule has 0 radical (unpaired) electrons. The number of hydrogen-bond donors (Lipinski definition) is 2. The van der Waals surface area contributed by atoms with E-state index in [0.717, 1.165) is 17.7 Å². The van der Waals surface area contributed by atoms with Gasteiger partial charge in [0.1, 0.15) is 11.4 Å². The van der Waals surface area contributed by atoms with Crippen LogP contribution in [-0.4, -0.2) is 24.6 Å². The van der Waals surface area contributed by atoms with Crippen molar-refractivity contribution in [1.82, 2.24) is 5.32 Å². The molecule has 0 saturated carbocycles. The van der Waals surface area contributed by atoms with Crippen molar-refractivity contribution in [3.8, 4) is 5.75 Å². The summed E-state index contributed by atoms with van der Waals surface area (Å²) in [6, 6.07) is 7.87. The van der Waals surface area contributed by atoms with Gasteiger partial charge in [-0.3, -0.25) is 4.79 Å². The summed E-state index contributed by atoms with van der Waals surface area (Å²) >= 11 is 0. The molecular weight excluding hydrogens is 228 g/mol. The van der Waals surface area contributed by atoms with E-state index >= 15 is 0 Å². The number of carbonyl (C=O) groups is 1. The first-order valence-corrected chi connectivity index (χ1v) is 6.16. The first-order valence-electron chi connectivity index (χ1n) is 6.16. The summed E-state index contributed by atoms with van der Waals surface area (Å²) in [6.07, 6.45) is 0.734. The minimum atomic E-state index is -0.226. The van der Waals surface area contributed by atoms with Gasteiger partial charge in [0, 0.05) is 6.54 Å². The van der Waals surface area contributed by atoms with Crippen LogP contribution in [0.4, 0.5) is 0 Å². The van der Waals surface area contributed by atoms with Gasteiger partial charge in [-0.25, -0.2) is 0 Å². The average molecular weight is 250 g/mol. The standard InChI is InChI=1S/C14H22N2O2/c1-14(2,3)18-12-7-5-4-6-11(12)8-9-16-13(17)10-15/h4-7H,8-10,15H2,1-3H3,(H,16,17). The molecule has 0 aliphatic carbocycles. The molecule has 18 heavy (non-hydrogen) atoms. The van der Waals surface area contributed by atoms with E-state index in [-0.39, 0.29) is 18.1 Å². The van der Waals surface area contributed by atoms with Crippen molar-refractivity contribution in [2.24, 2.45) is 5.73 Å². The summed E-state index contributed by atoms with van der Waals surface area (Å²) < 4.78 is 5.88. The number of amides is 1. The zero-order chi connectivity index (χ0) is 13.6. The first-order chi connectivity index (χ1) is 8.42. The van der Waals surface area contributed by atoms with E-state index in [9.17, 15) is 4.79 Å².